The molecule has 0 saturated carbocycles. The molecule has 1 fully saturated rings. The van der Waals surface area contributed by atoms with Crippen molar-refractivity contribution in [2.45, 2.75) is 51.0 Å². The Morgan fingerprint density at radius 2 is 2.07 bits per heavy atom. The molecule has 3 unspecified atom stereocenters. The average Bonchev–Trinajstić information content (AvgIpc) is 2.18. The minimum absolute atomic E-state index is 0.210. The minimum Gasteiger partial charge on any atom is -0.375 e. The molecule has 3 atom stereocenters. The standard InChI is InChI=1S/C11H20N2O2/c1-8-4-11(5-9(2)15-8)14-7-10(6-12)13-3/h8-11,13H,4-5,7H2,1-3H3. The number of nitriles is 1. The first kappa shape index (κ1) is 12.4. The highest BCUT2D eigenvalue weighted by atomic mass is 16.5. The van der Waals surface area contributed by atoms with Gasteiger partial charge in [0.15, 0.2) is 0 Å². The van der Waals surface area contributed by atoms with E-state index in [1.165, 1.54) is 0 Å². The molecule has 1 aliphatic heterocycles. The Kier molecular flexibility index (Phi) is 5.03. The fourth-order valence-corrected chi connectivity index (χ4v) is 1.90. The van der Waals surface area contributed by atoms with Crippen LogP contribution in [0.2, 0.25) is 0 Å². The van der Waals surface area contributed by atoms with Crippen molar-refractivity contribution in [3.8, 4) is 6.07 Å². The van der Waals surface area contributed by atoms with Crippen LogP contribution in [0.1, 0.15) is 26.7 Å². The van der Waals surface area contributed by atoms with Crippen LogP contribution >= 0.6 is 0 Å². The normalized spacial score (nSPS) is 33.3. The van der Waals surface area contributed by atoms with Gasteiger partial charge in [-0.2, -0.15) is 5.26 Å². The lowest BCUT2D eigenvalue weighted by Crippen LogP contribution is -2.37. The molecule has 0 aromatic carbocycles. The highest BCUT2D eigenvalue weighted by Gasteiger charge is 2.25. The van der Waals surface area contributed by atoms with Gasteiger partial charge in [0.2, 0.25) is 0 Å². The highest BCUT2D eigenvalue weighted by molar-refractivity contribution is 4.88. The van der Waals surface area contributed by atoms with Crippen LogP contribution in [0.4, 0.5) is 0 Å². The third kappa shape index (κ3) is 4.17. The lowest BCUT2D eigenvalue weighted by Gasteiger charge is -2.32. The van der Waals surface area contributed by atoms with E-state index in [0.717, 1.165) is 12.8 Å². The number of nitrogens with zero attached hydrogens (tertiary/aromatic N) is 1. The van der Waals surface area contributed by atoms with E-state index in [-0.39, 0.29) is 24.4 Å². The van der Waals surface area contributed by atoms with Crippen LogP contribution in [-0.4, -0.2) is 38.0 Å². The Hall–Kier alpha value is -0.630. The van der Waals surface area contributed by atoms with E-state index in [0.29, 0.717) is 6.61 Å². The van der Waals surface area contributed by atoms with Crippen LogP contribution in [0.15, 0.2) is 0 Å². The summed E-state index contributed by atoms with van der Waals surface area (Å²) >= 11 is 0. The molecule has 0 aromatic heterocycles. The number of ether oxygens (including phenoxy) is 2. The lowest BCUT2D eigenvalue weighted by atomic mass is 10.0. The molecule has 0 amide bonds. The molecule has 0 bridgehead atoms. The van der Waals surface area contributed by atoms with Crippen molar-refractivity contribution in [3.63, 3.8) is 0 Å². The predicted octanol–water partition coefficient (Wildman–Crippen LogP) is 1.07. The Labute approximate surface area is 91.6 Å². The topological polar surface area (TPSA) is 54.3 Å². The van der Waals surface area contributed by atoms with E-state index in [9.17, 15) is 0 Å². The summed E-state index contributed by atoms with van der Waals surface area (Å²) in [6.07, 6.45) is 2.59. The average molecular weight is 212 g/mol. The Bertz CT molecular complexity index is 217. The van der Waals surface area contributed by atoms with E-state index in [1.807, 2.05) is 0 Å². The van der Waals surface area contributed by atoms with Crippen molar-refractivity contribution >= 4 is 0 Å². The predicted molar refractivity (Wildman–Crippen MR) is 57.4 cm³/mol. The molecule has 15 heavy (non-hydrogen) atoms. The molecular weight excluding hydrogens is 192 g/mol. The fourth-order valence-electron chi connectivity index (χ4n) is 1.90. The van der Waals surface area contributed by atoms with Gasteiger partial charge in [0.1, 0.15) is 6.04 Å². The molecule has 0 aliphatic carbocycles. The molecule has 0 radical (unpaired) electrons. The zero-order valence-corrected chi connectivity index (χ0v) is 9.69. The number of nitrogens with one attached hydrogen (secondary N) is 1. The van der Waals surface area contributed by atoms with Gasteiger partial charge in [-0.1, -0.05) is 0 Å². The van der Waals surface area contributed by atoms with Gasteiger partial charge >= 0.3 is 0 Å². The Balaban J connectivity index is 2.29. The molecule has 1 N–H and O–H groups in total. The first-order valence-electron chi connectivity index (χ1n) is 5.49. The Morgan fingerprint density at radius 1 is 1.47 bits per heavy atom. The summed E-state index contributed by atoms with van der Waals surface area (Å²) in [6, 6.07) is 1.94. The quantitative estimate of drug-likeness (QED) is 0.757. The second-order valence-electron chi connectivity index (χ2n) is 4.15. The molecule has 4 nitrogen and oxygen atoms in total. The summed E-state index contributed by atoms with van der Waals surface area (Å²) in [5.74, 6) is 0. The molecule has 86 valence electrons. The maximum absolute atomic E-state index is 8.74. The van der Waals surface area contributed by atoms with Crippen LogP contribution in [0, 0.1) is 11.3 Å². The molecule has 1 saturated heterocycles. The summed E-state index contributed by atoms with van der Waals surface area (Å²) < 4.78 is 11.3. The van der Waals surface area contributed by atoms with Crippen LogP contribution in [0.3, 0.4) is 0 Å². The van der Waals surface area contributed by atoms with E-state index >= 15 is 0 Å². The van der Waals surface area contributed by atoms with E-state index in [4.69, 9.17) is 14.7 Å². The molecular formula is C11H20N2O2. The third-order valence-corrected chi connectivity index (χ3v) is 2.66. The first-order valence-corrected chi connectivity index (χ1v) is 5.49. The molecule has 0 spiro atoms. The smallest absolute Gasteiger partial charge is 0.119 e. The van der Waals surface area contributed by atoms with Gasteiger partial charge in [-0.25, -0.2) is 0 Å². The van der Waals surface area contributed by atoms with Gasteiger partial charge in [-0.3, -0.25) is 0 Å². The van der Waals surface area contributed by atoms with Crippen LogP contribution in [0.5, 0.6) is 0 Å². The maximum Gasteiger partial charge on any atom is 0.119 e. The van der Waals surface area contributed by atoms with Gasteiger partial charge < -0.3 is 14.8 Å². The van der Waals surface area contributed by atoms with Crippen molar-refractivity contribution in [3.05, 3.63) is 0 Å². The van der Waals surface area contributed by atoms with Gasteiger partial charge in [-0.05, 0) is 33.7 Å². The third-order valence-electron chi connectivity index (χ3n) is 2.66. The van der Waals surface area contributed by atoms with E-state index in [1.54, 1.807) is 7.05 Å². The summed E-state index contributed by atoms with van der Waals surface area (Å²) in [5, 5.41) is 11.6. The zero-order valence-electron chi connectivity index (χ0n) is 9.69. The second-order valence-corrected chi connectivity index (χ2v) is 4.15. The van der Waals surface area contributed by atoms with Crippen molar-refractivity contribution < 1.29 is 9.47 Å². The minimum atomic E-state index is -0.210. The molecule has 0 aromatic rings. The van der Waals surface area contributed by atoms with Gasteiger partial charge in [0.05, 0.1) is 31.0 Å². The van der Waals surface area contributed by atoms with E-state index in [2.05, 4.69) is 25.2 Å². The highest BCUT2D eigenvalue weighted by Crippen LogP contribution is 2.21. The van der Waals surface area contributed by atoms with Gasteiger partial charge in [-0.15, -0.1) is 0 Å². The van der Waals surface area contributed by atoms with Crippen LogP contribution in [0.25, 0.3) is 0 Å². The van der Waals surface area contributed by atoms with Gasteiger partial charge in [0, 0.05) is 0 Å². The molecule has 4 heteroatoms. The number of hydrogen-bond donors (Lipinski definition) is 1. The summed E-state index contributed by atoms with van der Waals surface area (Å²) in [7, 11) is 1.77. The number of rotatable bonds is 4. The second kappa shape index (κ2) is 6.06. The first-order chi connectivity index (χ1) is 7.15. The largest absolute Gasteiger partial charge is 0.375 e. The molecule has 1 rings (SSSR count). The SMILES string of the molecule is CNC(C#N)COC1CC(C)OC(C)C1. The van der Waals surface area contributed by atoms with Crippen molar-refractivity contribution in [1.29, 1.82) is 5.26 Å². The summed E-state index contributed by atoms with van der Waals surface area (Å²) in [4.78, 5) is 0. The van der Waals surface area contributed by atoms with Crippen molar-refractivity contribution in [1.82, 2.24) is 5.32 Å². The fraction of sp³-hybridized carbons (Fsp3) is 0.909. The number of hydrogen-bond acceptors (Lipinski definition) is 4. The van der Waals surface area contributed by atoms with Gasteiger partial charge in [0.25, 0.3) is 0 Å². The number of likely N-dealkylation sites (N-methyl/N-ethyl adjacent to an activating group) is 1. The van der Waals surface area contributed by atoms with Crippen molar-refractivity contribution in [2.24, 2.45) is 0 Å². The lowest BCUT2D eigenvalue weighted by molar-refractivity contribution is -0.102. The van der Waals surface area contributed by atoms with Crippen LogP contribution < -0.4 is 5.32 Å². The Morgan fingerprint density at radius 3 is 2.53 bits per heavy atom. The monoisotopic (exact) mass is 212 g/mol. The maximum atomic E-state index is 8.74. The van der Waals surface area contributed by atoms with Crippen molar-refractivity contribution in [2.75, 3.05) is 13.7 Å². The summed E-state index contributed by atoms with van der Waals surface area (Å²) in [5.41, 5.74) is 0. The zero-order chi connectivity index (χ0) is 11.3. The van der Waals surface area contributed by atoms with Crippen LogP contribution in [-0.2, 0) is 9.47 Å². The summed E-state index contributed by atoms with van der Waals surface area (Å²) in [6.45, 7) is 4.58. The molecule has 1 heterocycles. The molecule has 1 aliphatic rings. The van der Waals surface area contributed by atoms with E-state index < -0.39 is 0 Å².